The van der Waals surface area contributed by atoms with Crippen molar-refractivity contribution in [2.24, 2.45) is 0 Å². The summed E-state index contributed by atoms with van der Waals surface area (Å²) in [7, 11) is 0. The molecule has 1 N–H and O–H groups in total. The molecule has 0 bridgehead atoms. The van der Waals surface area contributed by atoms with Crippen LogP contribution in [0.25, 0.3) is 0 Å². The first-order valence-corrected chi connectivity index (χ1v) is 5.35. The van der Waals surface area contributed by atoms with Crippen LogP contribution in [-0.2, 0) is 0 Å². The molecule has 82 valence electrons. The molecule has 0 radical (unpaired) electrons. The largest absolute Gasteiger partial charge is 0.317 e. The second kappa shape index (κ2) is 4.27. The zero-order chi connectivity index (χ0) is 10.8. The summed E-state index contributed by atoms with van der Waals surface area (Å²) in [5.41, 5.74) is 0.821. The van der Waals surface area contributed by atoms with Crippen molar-refractivity contribution >= 4 is 0 Å². The number of aryl methyl sites for hydroxylation is 1. The van der Waals surface area contributed by atoms with Crippen LogP contribution in [0.15, 0.2) is 12.1 Å². The van der Waals surface area contributed by atoms with Gasteiger partial charge in [0.15, 0.2) is 0 Å². The van der Waals surface area contributed by atoms with Crippen molar-refractivity contribution in [3.63, 3.8) is 0 Å². The minimum absolute atomic E-state index is 0.0335. The maximum absolute atomic E-state index is 13.8. The van der Waals surface area contributed by atoms with E-state index >= 15 is 0 Å². The van der Waals surface area contributed by atoms with Gasteiger partial charge in [-0.15, -0.1) is 0 Å². The fourth-order valence-corrected chi connectivity index (χ4v) is 2.16. The lowest BCUT2D eigenvalue weighted by Gasteiger charge is -2.24. The van der Waals surface area contributed by atoms with Gasteiger partial charge in [-0.2, -0.15) is 0 Å². The molecule has 0 unspecified atom stereocenters. The number of hydrogen-bond acceptors (Lipinski definition) is 1. The first kappa shape index (κ1) is 10.6. The Morgan fingerprint density at radius 1 is 1.20 bits per heavy atom. The summed E-state index contributed by atoms with van der Waals surface area (Å²) in [6.45, 7) is 3.37. The van der Waals surface area contributed by atoms with Crippen LogP contribution in [0.3, 0.4) is 0 Å². The van der Waals surface area contributed by atoms with Gasteiger partial charge >= 0.3 is 0 Å². The molecule has 0 amide bonds. The smallest absolute Gasteiger partial charge is 0.132 e. The summed E-state index contributed by atoms with van der Waals surface area (Å²) >= 11 is 0. The quantitative estimate of drug-likeness (QED) is 0.753. The molecule has 0 aliphatic carbocycles. The maximum Gasteiger partial charge on any atom is 0.132 e. The van der Waals surface area contributed by atoms with Gasteiger partial charge in [-0.25, -0.2) is 8.78 Å². The molecule has 3 heteroatoms. The van der Waals surface area contributed by atoms with Crippen molar-refractivity contribution < 1.29 is 8.78 Å². The van der Waals surface area contributed by atoms with E-state index in [0.717, 1.165) is 25.9 Å². The maximum atomic E-state index is 13.8. The number of benzene rings is 1. The molecule has 1 aliphatic heterocycles. The third-order valence-corrected chi connectivity index (χ3v) is 3.07. The minimum atomic E-state index is -0.398. The molecule has 0 aromatic heterocycles. The Hall–Kier alpha value is -0.960. The molecule has 1 nitrogen and oxygen atoms in total. The molecule has 2 rings (SSSR count). The van der Waals surface area contributed by atoms with Gasteiger partial charge in [0.25, 0.3) is 0 Å². The zero-order valence-corrected chi connectivity index (χ0v) is 8.82. The summed E-state index contributed by atoms with van der Waals surface area (Å²) in [5.74, 6) is -0.724. The topological polar surface area (TPSA) is 12.0 Å². The van der Waals surface area contributed by atoms with E-state index in [4.69, 9.17) is 0 Å². The average Bonchev–Trinajstić information content (AvgIpc) is 2.26. The Bertz CT molecular complexity index is 357. The summed E-state index contributed by atoms with van der Waals surface area (Å²) in [5, 5.41) is 3.19. The summed E-state index contributed by atoms with van der Waals surface area (Å²) in [6.07, 6.45) is 1.63. The average molecular weight is 211 g/mol. The first-order chi connectivity index (χ1) is 7.20. The molecule has 1 aromatic carbocycles. The predicted molar refractivity (Wildman–Crippen MR) is 55.9 cm³/mol. The molecule has 0 spiro atoms. The molecule has 1 aromatic rings. The van der Waals surface area contributed by atoms with E-state index in [2.05, 4.69) is 5.32 Å². The zero-order valence-electron chi connectivity index (χ0n) is 8.82. The summed E-state index contributed by atoms with van der Waals surface area (Å²) in [4.78, 5) is 0. The Morgan fingerprint density at radius 2 is 1.87 bits per heavy atom. The fourth-order valence-electron chi connectivity index (χ4n) is 2.16. The Kier molecular flexibility index (Phi) is 3.00. The second-order valence-corrected chi connectivity index (χ2v) is 4.12. The summed E-state index contributed by atoms with van der Waals surface area (Å²) < 4.78 is 27.3. The van der Waals surface area contributed by atoms with Crippen LogP contribution in [0, 0.1) is 18.6 Å². The lowest BCUT2D eigenvalue weighted by atomic mass is 9.88. The highest BCUT2D eigenvalue weighted by Gasteiger charge is 2.22. The van der Waals surface area contributed by atoms with E-state index in [9.17, 15) is 8.78 Å². The van der Waals surface area contributed by atoms with Crippen molar-refractivity contribution in [1.29, 1.82) is 0 Å². The predicted octanol–water partition coefficient (Wildman–Crippen LogP) is 2.74. The fraction of sp³-hybridized carbons (Fsp3) is 0.500. The number of hydrogen-bond donors (Lipinski definition) is 1. The van der Waals surface area contributed by atoms with Crippen molar-refractivity contribution in [1.82, 2.24) is 5.32 Å². The van der Waals surface area contributed by atoms with Crippen LogP contribution >= 0.6 is 0 Å². The van der Waals surface area contributed by atoms with E-state index in [1.807, 2.05) is 0 Å². The van der Waals surface area contributed by atoms with Gasteiger partial charge in [0.2, 0.25) is 0 Å². The van der Waals surface area contributed by atoms with Gasteiger partial charge in [-0.05, 0) is 50.4 Å². The van der Waals surface area contributed by atoms with Crippen LogP contribution in [0.2, 0.25) is 0 Å². The van der Waals surface area contributed by atoms with E-state index in [-0.39, 0.29) is 17.3 Å². The third-order valence-electron chi connectivity index (χ3n) is 3.07. The van der Waals surface area contributed by atoms with Crippen molar-refractivity contribution in [2.75, 3.05) is 13.1 Å². The molecule has 1 heterocycles. The second-order valence-electron chi connectivity index (χ2n) is 4.12. The van der Waals surface area contributed by atoms with Gasteiger partial charge in [0.05, 0.1) is 0 Å². The monoisotopic (exact) mass is 211 g/mol. The van der Waals surface area contributed by atoms with Crippen LogP contribution in [0.1, 0.15) is 29.9 Å². The summed E-state index contributed by atoms with van der Waals surface area (Å²) in [6, 6.07) is 2.87. The number of piperidine rings is 1. The van der Waals surface area contributed by atoms with Crippen LogP contribution < -0.4 is 5.32 Å². The minimum Gasteiger partial charge on any atom is -0.317 e. The molecule has 1 saturated heterocycles. The van der Waals surface area contributed by atoms with Crippen LogP contribution in [0.4, 0.5) is 8.78 Å². The van der Waals surface area contributed by atoms with E-state index < -0.39 is 5.82 Å². The van der Waals surface area contributed by atoms with Gasteiger partial charge in [-0.3, -0.25) is 0 Å². The first-order valence-electron chi connectivity index (χ1n) is 5.35. The van der Waals surface area contributed by atoms with Gasteiger partial charge < -0.3 is 5.32 Å². The lowest BCUT2D eigenvalue weighted by Crippen LogP contribution is -2.27. The van der Waals surface area contributed by atoms with E-state index in [1.54, 1.807) is 6.92 Å². The molecular weight excluding hydrogens is 196 g/mol. The lowest BCUT2D eigenvalue weighted by molar-refractivity contribution is 0.425. The van der Waals surface area contributed by atoms with Gasteiger partial charge in [0.1, 0.15) is 11.6 Å². The number of rotatable bonds is 1. The van der Waals surface area contributed by atoms with Crippen LogP contribution in [-0.4, -0.2) is 13.1 Å². The highest BCUT2D eigenvalue weighted by Crippen LogP contribution is 2.30. The molecule has 0 atom stereocenters. The molecule has 1 aliphatic rings. The molecular formula is C12H15F2N. The highest BCUT2D eigenvalue weighted by atomic mass is 19.1. The van der Waals surface area contributed by atoms with Crippen molar-refractivity contribution in [3.05, 3.63) is 34.9 Å². The van der Waals surface area contributed by atoms with Crippen molar-refractivity contribution in [3.8, 4) is 0 Å². The molecule has 0 saturated carbocycles. The number of nitrogens with one attached hydrogen (secondary N) is 1. The van der Waals surface area contributed by atoms with Crippen molar-refractivity contribution in [2.45, 2.75) is 25.7 Å². The standard InChI is InChI=1S/C12H15F2N/c1-8-2-3-10(13)11(12(8)14)9-4-6-15-7-5-9/h2-3,9,15H,4-7H2,1H3. The number of halogens is 2. The Labute approximate surface area is 88.5 Å². The van der Waals surface area contributed by atoms with E-state index in [1.165, 1.54) is 12.1 Å². The Balaban J connectivity index is 2.36. The molecule has 1 fully saturated rings. The van der Waals surface area contributed by atoms with Gasteiger partial charge in [-0.1, -0.05) is 6.07 Å². The Morgan fingerprint density at radius 3 is 2.53 bits per heavy atom. The third kappa shape index (κ3) is 2.02. The van der Waals surface area contributed by atoms with E-state index in [0.29, 0.717) is 5.56 Å². The van der Waals surface area contributed by atoms with Gasteiger partial charge in [0, 0.05) is 5.56 Å². The van der Waals surface area contributed by atoms with Crippen LogP contribution in [0.5, 0.6) is 0 Å². The highest BCUT2D eigenvalue weighted by molar-refractivity contribution is 5.29. The SMILES string of the molecule is Cc1ccc(F)c(C2CCNCC2)c1F. The normalized spacial score (nSPS) is 18.1. The molecule has 15 heavy (non-hydrogen) atoms.